The molecule has 1 atom stereocenters. The Balaban J connectivity index is 2.73. The summed E-state index contributed by atoms with van der Waals surface area (Å²) in [5.74, 6) is -1.92. The molecule has 0 bridgehead atoms. The van der Waals surface area contributed by atoms with Gasteiger partial charge in [-0.05, 0) is 29.5 Å². The van der Waals surface area contributed by atoms with E-state index in [1.54, 1.807) is 18.2 Å². The summed E-state index contributed by atoms with van der Waals surface area (Å²) in [6, 6.07) is 6.25. The zero-order valence-corrected chi connectivity index (χ0v) is 10.5. The van der Waals surface area contributed by atoms with Crippen LogP contribution in [-0.4, -0.2) is 28.2 Å². The molecule has 1 aromatic carbocycles. The third-order valence-corrected chi connectivity index (χ3v) is 2.75. The van der Waals surface area contributed by atoms with Crippen LogP contribution in [0.15, 0.2) is 30.8 Å². The van der Waals surface area contributed by atoms with E-state index >= 15 is 0 Å². The quantitative estimate of drug-likeness (QED) is 0.692. The molecule has 0 amide bonds. The topological polar surface area (TPSA) is 101 Å². The first-order chi connectivity index (χ1) is 8.90. The van der Waals surface area contributed by atoms with Crippen molar-refractivity contribution in [2.24, 2.45) is 5.73 Å². The van der Waals surface area contributed by atoms with Gasteiger partial charge in [-0.2, -0.15) is 0 Å². The lowest BCUT2D eigenvalue weighted by Gasteiger charge is -2.09. The number of carboxylic acids is 2. The first kappa shape index (κ1) is 14.9. The number of carboxylic acid groups (broad SMARTS) is 2. The van der Waals surface area contributed by atoms with Gasteiger partial charge in [0.25, 0.3) is 0 Å². The molecular weight excluding hydrogens is 246 g/mol. The molecule has 5 heteroatoms. The number of hydrogen-bond acceptors (Lipinski definition) is 3. The molecule has 0 aliphatic rings. The predicted octanol–water partition coefficient (Wildman–Crippen LogP) is 1.52. The van der Waals surface area contributed by atoms with Gasteiger partial charge in [-0.1, -0.05) is 30.8 Å². The number of benzene rings is 1. The van der Waals surface area contributed by atoms with Crippen LogP contribution in [0.1, 0.15) is 24.0 Å². The molecule has 5 nitrogen and oxygen atoms in total. The average molecular weight is 263 g/mol. The summed E-state index contributed by atoms with van der Waals surface area (Å²) in [5.41, 5.74) is 7.80. The van der Waals surface area contributed by atoms with E-state index in [2.05, 4.69) is 6.58 Å². The summed E-state index contributed by atoms with van der Waals surface area (Å²) in [5, 5.41) is 17.4. The highest BCUT2D eigenvalue weighted by molar-refractivity contribution is 5.74. The van der Waals surface area contributed by atoms with Crippen molar-refractivity contribution in [1.82, 2.24) is 0 Å². The van der Waals surface area contributed by atoms with Gasteiger partial charge >= 0.3 is 11.9 Å². The Kier molecular flexibility index (Phi) is 5.26. The smallest absolute Gasteiger partial charge is 0.320 e. The van der Waals surface area contributed by atoms with E-state index in [-0.39, 0.29) is 12.8 Å². The van der Waals surface area contributed by atoms with Crippen molar-refractivity contribution < 1.29 is 19.8 Å². The van der Waals surface area contributed by atoms with Gasteiger partial charge in [-0.3, -0.25) is 9.59 Å². The zero-order valence-electron chi connectivity index (χ0n) is 10.5. The van der Waals surface area contributed by atoms with Gasteiger partial charge in [0.1, 0.15) is 6.04 Å². The first-order valence-corrected chi connectivity index (χ1v) is 5.87. The van der Waals surface area contributed by atoms with Crippen LogP contribution in [0.2, 0.25) is 0 Å². The molecule has 0 aromatic heterocycles. The molecule has 0 aliphatic heterocycles. The van der Waals surface area contributed by atoms with E-state index in [0.29, 0.717) is 12.0 Å². The molecule has 0 unspecified atom stereocenters. The zero-order chi connectivity index (χ0) is 14.4. The van der Waals surface area contributed by atoms with Crippen LogP contribution in [0, 0.1) is 0 Å². The number of nitrogens with two attached hydrogens (primary N) is 1. The molecule has 0 aliphatic carbocycles. The maximum absolute atomic E-state index is 10.7. The summed E-state index contributed by atoms with van der Waals surface area (Å²) in [6.07, 6.45) is 0.622. The molecule has 0 fully saturated rings. The summed E-state index contributed by atoms with van der Waals surface area (Å²) < 4.78 is 0. The Labute approximate surface area is 111 Å². The second-order valence-electron chi connectivity index (χ2n) is 4.35. The number of carbonyl (C=O) groups is 2. The van der Waals surface area contributed by atoms with Gasteiger partial charge in [0.15, 0.2) is 0 Å². The highest BCUT2D eigenvalue weighted by Crippen LogP contribution is 2.19. The van der Waals surface area contributed by atoms with Gasteiger partial charge in [-0.25, -0.2) is 0 Å². The second kappa shape index (κ2) is 6.70. The van der Waals surface area contributed by atoms with E-state index in [9.17, 15) is 9.59 Å². The van der Waals surface area contributed by atoms with Crippen LogP contribution < -0.4 is 5.73 Å². The largest absolute Gasteiger partial charge is 0.481 e. The normalized spacial score (nSPS) is 11.8. The van der Waals surface area contributed by atoms with Crippen molar-refractivity contribution >= 4 is 17.5 Å². The summed E-state index contributed by atoms with van der Waals surface area (Å²) in [7, 11) is 0. The minimum Gasteiger partial charge on any atom is -0.481 e. The van der Waals surface area contributed by atoms with Crippen molar-refractivity contribution in [3.05, 3.63) is 42.0 Å². The van der Waals surface area contributed by atoms with E-state index in [4.69, 9.17) is 15.9 Å². The molecule has 0 saturated carbocycles. The van der Waals surface area contributed by atoms with Gasteiger partial charge in [0.05, 0.1) is 0 Å². The highest BCUT2D eigenvalue weighted by atomic mass is 16.4. The van der Waals surface area contributed by atoms with Gasteiger partial charge in [-0.15, -0.1) is 0 Å². The third kappa shape index (κ3) is 4.93. The lowest BCUT2D eigenvalue weighted by molar-refractivity contribution is -0.138. The lowest BCUT2D eigenvalue weighted by atomic mass is 9.98. The molecule has 1 aromatic rings. The number of rotatable bonds is 7. The Morgan fingerprint density at radius 1 is 1.26 bits per heavy atom. The van der Waals surface area contributed by atoms with E-state index < -0.39 is 18.0 Å². The van der Waals surface area contributed by atoms with Gasteiger partial charge in [0, 0.05) is 6.42 Å². The Hall–Kier alpha value is -2.14. The van der Waals surface area contributed by atoms with Crippen molar-refractivity contribution in [3.8, 4) is 0 Å². The standard InChI is InChI=1S/C14H17NO4/c1-9(5-6-13(16)17)11-4-2-3-10(7-11)8-12(15)14(18)19/h2-4,7,12H,1,5-6,8,15H2,(H,16,17)(H,18,19)/t12-/m0/s1. The minimum atomic E-state index is -1.05. The molecule has 0 spiro atoms. The first-order valence-electron chi connectivity index (χ1n) is 5.87. The van der Waals surface area contributed by atoms with Crippen LogP contribution in [0.3, 0.4) is 0 Å². The molecule has 0 radical (unpaired) electrons. The van der Waals surface area contributed by atoms with Crippen molar-refractivity contribution in [2.45, 2.75) is 25.3 Å². The number of allylic oxidation sites excluding steroid dienone is 1. The van der Waals surface area contributed by atoms with Gasteiger partial charge < -0.3 is 15.9 Å². The lowest BCUT2D eigenvalue weighted by Crippen LogP contribution is -2.32. The molecular formula is C14H17NO4. The molecule has 0 heterocycles. The van der Waals surface area contributed by atoms with Crippen molar-refractivity contribution in [1.29, 1.82) is 0 Å². The number of hydrogen-bond donors (Lipinski definition) is 3. The monoisotopic (exact) mass is 263 g/mol. The highest BCUT2D eigenvalue weighted by Gasteiger charge is 2.12. The van der Waals surface area contributed by atoms with Crippen LogP contribution in [0.4, 0.5) is 0 Å². The maximum atomic E-state index is 10.7. The fraction of sp³-hybridized carbons (Fsp3) is 0.286. The predicted molar refractivity (Wildman–Crippen MR) is 71.7 cm³/mol. The van der Waals surface area contributed by atoms with E-state index in [1.165, 1.54) is 0 Å². The van der Waals surface area contributed by atoms with Crippen LogP contribution in [0.25, 0.3) is 5.57 Å². The second-order valence-corrected chi connectivity index (χ2v) is 4.35. The third-order valence-electron chi connectivity index (χ3n) is 2.75. The van der Waals surface area contributed by atoms with Crippen molar-refractivity contribution in [2.75, 3.05) is 0 Å². The molecule has 1 rings (SSSR count). The molecule has 4 N–H and O–H groups in total. The van der Waals surface area contributed by atoms with Crippen LogP contribution >= 0.6 is 0 Å². The van der Waals surface area contributed by atoms with E-state index in [1.807, 2.05) is 6.07 Å². The minimum absolute atomic E-state index is 0.0255. The molecule has 19 heavy (non-hydrogen) atoms. The van der Waals surface area contributed by atoms with Crippen LogP contribution in [0.5, 0.6) is 0 Å². The Bertz CT molecular complexity index is 496. The average Bonchev–Trinajstić information content (AvgIpc) is 2.36. The van der Waals surface area contributed by atoms with Crippen LogP contribution in [-0.2, 0) is 16.0 Å². The maximum Gasteiger partial charge on any atom is 0.320 e. The van der Waals surface area contributed by atoms with Crippen molar-refractivity contribution in [3.63, 3.8) is 0 Å². The fourth-order valence-electron chi connectivity index (χ4n) is 1.66. The molecule has 0 saturated heterocycles. The Morgan fingerprint density at radius 3 is 2.53 bits per heavy atom. The summed E-state index contributed by atoms with van der Waals surface area (Å²) >= 11 is 0. The SMILES string of the molecule is C=C(CCC(=O)O)c1cccc(C[C@H](N)C(=O)O)c1. The van der Waals surface area contributed by atoms with E-state index in [0.717, 1.165) is 11.1 Å². The number of aliphatic carboxylic acids is 2. The van der Waals surface area contributed by atoms with Gasteiger partial charge in [0.2, 0.25) is 0 Å². The Morgan fingerprint density at radius 2 is 1.95 bits per heavy atom. The fourth-order valence-corrected chi connectivity index (χ4v) is 1.66. The molecule has 102 valence electrons. The summed E-state index contributed by atoms with van der Waals surface area (Å²) in [6.45, 7) is 3.84. The summed E-state index contributed by atoms with van der Waals surface area (Å²) in [4.78, 5) is 21.2.